The highest BCUT2D eigenvalue weighted by molar-refractivity contribution is 7.99. The van der Waals surface area contributed by atoms with Gasteiger partial charge >= 0.3 is 6.03 Å². The zero-order chi connectivity index (χ0) is 15.1. The molecule has 2 amide bonds. The van der Waals surface area contributed by atoms with Crippen LogP contribution in [0.3, 0.4) is 0 Å². The maximum Gasteiger partial charge on any atom is 0.314 e. The van der Waals surface area contributed by atoms with Gasteiger partial charge in [0.15, 0.2) is 0 Å². The summed E-state index contributed by atoms with van der Waals surface area (Å²) in [5.41, 5.74) is 1.26. The highest BCUT2D eigenvalue weighted by Gasteiger charge is 2.22. The first-order chi connectivity index (χ1) is 10.1. The molecule has 3 N–H and O–H groups in total. The lowest BCUT2D eigenvalue weighted by molar-refractivity contribution is 0.177. The number of benzene rings is 1. The number of rotatable bonds is 6. The number of hydrogen-bond acceptors (Lipinski definition) is 3. The third-order valence-corrected chi connectivity index (χ3v) is 4.76. The van der Waals surface area contributed by atoms with E-state index < -0.39 is 0 Å². The van der Waals surface area contributed by atoms with E-state index in [4.69, 9.17) is 0 Å². The smallest absolute Gasteiger partial charge is 0.314 e. The number of thioether (sulfide) groups is 1. The van der Waals surface area contributed by atoms with Crippen LogP contribution in [0.4, 0.5) is 4.79 Å². The number of amides is 2. The molecule has 0 saturated heterocycles. The lowest BCUT2D eigenvalue weighted by atomic mass is 10.1. The minimum Gasteiger partial charge on any atom is -0.393 e. The van der Waals surface area contributed by atoms with Gasteiger partial charge in [0.2, 0.25) is 0 Å². The fourth-order valence-electron chi connectivity index (χ4n) is 2.50. The summed E-state index contributed by atoms with van der Waals surface area (Å²) in [6, 6.07) is 8.29. The molecule has 2 rings (SSSR count). The third-order valence-electron chi connectivity index (χ3n) is 3.74. The lowest BCUT2D eigenvalue weighted by Crippen LogP contribution is -2.38. The number of carbonyl (C=O) groups excluding carboxylic acids is 1. The first-order valence-corrected chi connectivity index (χ1v) is 8.51. The van der Waals surface area contributed by atoms with Crippen molar-refractivity contribution in [2.45, 2.75) is 37.2 Å². The first kappa shape index (κ1) is 16.2. The van der Waals surface area contributed by atoms with Gasteiger partial charge in [0.25, 0.3) is 0 Å². The SMILES string of the molecule is Cc1ccc(SCCNC(=O)NC[C@@H]2CC[C@@H](O)C2)cc1. The quantitative estimate of drug-likeness (QED) is 0.559. The van der Waals surface area contributed by atoms with Gasteiger partial charge in [-0.15, -0.1) is 11.8 Å². The van der Waals surface area contributed by atoms with Gasteiger partial charge in [0, 0.05) is 23.7 Å². The molecule has 0 heterocycles. The van der Waals surface area contributed by atoms with Crippen LogP contribution in [0.1, 0.15) is 24.8 Å². The van der Waals surface area contributed by atoms with Gasteiger partial charge in [-0.25, -0.2) is 4.79 Å². The Bertz CT molecular complexity index is 450. The molecule has 1 saturated carbocycles. The third kappa shape index (κ3) is 5.98. The summed E-state index contributed by atoms with van der Waals surface area (Å²) in [5.74, 6) is 1.28. The molecule has 0 aliphatic heterocycles. The van der Waals surface area contributed by atoms with Crippen molar-refractivity contribution in [3.05, 3.63) is 29.8 Å². The Morgan fingerprint density at radius 2 is 2.05 bits per heavy atom. The Labute approximate surface area is 130 Å². The molecule has 2 atom stereocenters. The highest BCUT2D eigenvalue weighted by Crippen LogP contribution is 2.24. The number of aliphatic hydroxyl groups excluding tert-OH is 1. The molecule has 1 aliphatic carbocycles. The summed E-state index contributed by atoms with van der Waals surface area (Å²) >= 11 is 1.74. The first-order valence-electron chi connectivity index (χ1n) is 7.52. The normalized spacial score (nSPS) is 21.2. The number of carbonyl (C=O) groups is 1. The molecule has 21 heavy (non-hydrogen) atoms. The second kappa shape index (κ2) is 8.29. The molecule has 4 nitrogen and oxygen atoms in total. The van der Waals surface area contributed by atoms with Gasteiger partial charge in [0.1, 0.15) is 0 Å². The topological polar surface area (TPSA) is 61.4 Å². The maximum atomic E-state index is 11.6. The van der Waals surface area contributed by atoms with Crippen LogP contribution in [0.25, 0.3) is 0 Å². The van der Waals surface area contributed by atoms with Gasteiger partial charge < -0.3 is 15.7 Å². The van der Waals surface area contributed by atoms with Crippen molar-refractivity contribution in [1.82, 2.24) is 10.6 Å². The summed E-state index contributed by atoms with van der Waals surface area (Å²) in [4.78, 5) is 12.9. The van der Waals surface area contributed by atoms with Gasteiger partial charge in [-0.2, -0.15) is 0 Å². The van der Waals surface area contributed by atoms with E-state index in [9.17, 15) is 9.90 Å². The molecule has 1 fully saturated rings. The Kier molecular flexibility index (Phi) is 6.39. The molecular formula is C16H24N2O2S. The van der Waals surface area contributed by atoms with E-state index in [0.29, 0.717) is 19.0 Å². The summed E-state index contributed by atoms with van der Waals surface area (Å²) in [6.45, 7) is 3.38. The number of hydrogen-bond donors (Lipinski definition) is 3. The van der Waals surface area contributed by atoms with E-state index in [2.05, 4.69) is 41.8 Å². The summed E-state index contributed by atoms with van der Waals surface area (Å²) in [5, 5.41) is 15.2. The van der Waals surface area contributed by atoms with Gasteiger partial charge in [-0.3, -0.25) is 0 Å². The van der Waals surface area contributed by atoms with Crippen molar-refractivity contribution < 1.29 is 9.90 Å². The van der Waals surface area contributed by atoms with Crippen LogP contribution < -0.4 is 10.6 Å². The summed E-state index contributed by atoms with van der Waals surface area (Å²) in [7, 11) is 0. The summed E-state index contributed by atoms with van der Waals surface area (Å²) in [6.07, 6.45) is 2.50. The van der Waals surface area contributed by atoms with Crippen LogP contribution in [0, 0.1) is 12.8 Å². The van der Waals surface area contributed by atoms with Crippen LogP contribution in [-0.4, -0.2) is 36.1 Å². The standard InChI is InChI=1S/C16H24N2O2S/c1-12-2-6-15(7-3-12)21-9-8-17-16(20)18-11-13-4-5-14(19)10-13/h2-3,6-7,13-14,19H,4-5,8-11H2,1H3,(H2,17,18,20)/t13-,14-/m1/s1. The van der Waals surface area contributed by atoms with Crippen LogP contribution in [0.15, 0.2) is 29.2 Å². The van der Waals surface area contributed by atoms with Crippen LogP contribution in [0.2, 0.25) is 0 Å². The van der Waals surface area contributed by atoms with Crippen molar-refractivity contribution in [1.29, 1.82) is 0 Å². The van der Waals surface area contributed by atoms with Gasteiger partial charge in [-0.1, -0.05) is 17.7 Å². The molecule has 0 unspecified atom stereocenters. The Morgan fingerprint density at radius 3 is 2.71 bits per heavy atom. The fourth-order valence-corrected chi connectivity index (χ4v) is 3.27. The fraction of sp³-hybridized carbons (Fsp3) is 0.562. The second-order valence-corrected chi connectivity index (χ2v) is 6.80. The molecule has 1 aromatic carbocycles. The summed E-state index contributed by atoms with van der Waals surface area (Å²) < 4.78 is 0. The average molecular weight is 308 g/mol. The lowest BCUT2D eigenvalue weighted by Gasteiger charge is -2.11. The molecule has 0 bridgehead atoms. The highest BCUT2D eigenvalue weighted by atomic mass is 32.2. The molecule has 116 valence electrons. The zero-order valence-corrected chi connectivity index (χ0v) is 13.3. The van der Waals surface area contributed by atoms with E-state index in [1.807, 2.05) is 0 Å². The average Bonchev–Trinajstić information content (AvgIpc) is 2.89. The largest absolute Gasteiger partial charge is 0.393 e. The predicted octanol–water partition coefficient (Wildman–Crippen LogP) is 2.55. The zero-order valence-electron chi connectivity index (χ0n) is 12.5. The second-order valence-electron chi connectivity index (χ2n) is 5.63. The molecule has 0 spiro atoms. The van der Waals surface area contributed by atoms with Crippen molar-refractivity contribution in [3.8, 4) is 0 Å². The van der Waals surface area contributed by atoms with Crippen LogP contribution in [0.5, 0.6) is 0 Å². The van der Waals surface area contributed by atoms with Crippen LogP contribution >= 0.6 is 11.8 Å². The van der Waals surface area contributed by atoms with Crippen LogP contribution in [-0.2, 0) is 0 Å². The van der Waals surface area contributed by atoms with Crippen molar-refractivity contribution in [3.63, 3.8) is 0 Å². The predicted molar refractivity (Wildman–Crippen MR) is 86.7 cm³/mol. The minimum atomic E-state index is -0.175. The van der Waals surface area contributed by atoms with E-state index in [1.54, 1.807) is 11.8 Å². The number of aliphatic hydroxyl groups is 1. The Morgan fingerprint density at radius 1 is 1.29 bits per heavy atom. The van der Waals surface area contributed by atoms with E-state index in [-0.39, 0.29) is 12.1 Å². The van der Waals surface area contributed by atoms with Gasteiger partial charge in [0.05, 0.1) is 6.10 Å². The molecule has 5 heteroatoms. The van der Waals surface area contributed by atoms with E-state index in [1.165, 1.54) is 10.5 Å². The monoisotopic (exact) mass is 308 g/mol. The van der Waals surface area contributed by atoms with Gasteiger partial charge in [-0.05, 0) is 44.2 Å². The number of nitrogens with one attached hydrogen (secondary N) is 2. The molecule has 1 aromatic rings. The molecule has 0 radical (unpaired) electrons. The van der Waals surface area contributed by atoms with E-state index in [0.717, 1.165) is 25.0 Å². The van der Waals surface area contributed by atoms with Crippen molar-refractivity contribution >= 4 is 17.8 Å². The molecule has 0 aromatic heterocycles. The molecule has 1 aliphatic rings. The molecular weight excluding hydrogens is 284 g/mol. The van der Waals surface area contributed by atoms with E-state index >= 15 is 0 Å². The van der Waals surface area contributed by atoms with Crippen molar-refractivity contribution in [2.24, 2.45) is 5.92 Å². The number of aryl methyl sites for hydroxylation is 1. The Hall–Kier alpha value is -1.20. The van der Waals surface area contributed by atoms with Crippen molar-refractivity contribution in [2.75, 3.05) is 18.8 Å². The minimum absolute atomic E-state index is 0.110. The number of urea groups is 1. The maximum absolute atomic E-state index is 11.6. The Balaban J connectivity index is 1.54.